The van der Waals surface area contributed by atoms with Gasteiger partial charge in [0.05, 0.1) is 11.6 Å². The molecule has 19 heavy (non-hydrogen) atoms. The summed E-state index contributed by atoms with van der Waals surface area (Å²) >= 11 is 0. The summed E-state index contributed by atoms with van der Waals surface area (Å²) in [6.45, 7) is 2.78. The zero-order valence-electron chi connectivity index (χ0n) is 11.6. The van der Waals surface area contributed by atoms with E-state index in [1.807, 2.05) is 0 Å². The lowest BCUT2D eigenvalue weighted by atomic mass is 10.0. The molecule has 0 aliphatic rings. The fourth-order valence-corrected chi connectivity index (χ4v) is 1.87. The van der Waals surface area contributed by atoms with Gasteiger partial charge < -0.3 is 10.6 Å². The number of amides is 1. The normalized spacial score (nSPS) is 11.7. The second-order valence-corrected chi connectivity index (χ2v) is 4.83. The molecular weight excluding hydrogens is 238 g/mol. The first kappa shape index (κ1) is 15.2. The van der Waals surface area contributed by atoms with E-state index in [1.54, 1.807) is 36.2 Å². The van der Waals surface area contributed by atoms with Crippen molar-refractivity contribution in [1.29, 1.82) is 5.26 Å². The highest BCUT2D eigenvalue weighted by Gasteiger charge is 2.12. The predicted molar refractivity (Wildman–Crippen MR) is 76.6 cm³/mol. The van der Waals surface area contributed by atoms with Gasteiger partial charge in [0.15, 0.2) is 0 Å². The average Bonchev–Trinajstić information content (AvgIpc) is 2.44. The molecule has 1 amide bonds. The summed E-state index contributed by atoms with van der Waals surface area (Å²) in [7, 11) is 1.76. The van der Waals surface area contributed by atoms with E-state index in [9.17, 15) is 4.79 Å². The Labute approximate surface area is 114 Å². The standard InChI is InChI=1S/C15H21N3O/c1-12(9-10-16)3-8-15(19)18(2)14-6-4-13(11-17)5-7-14/h4-7,12H,3,8-10,16H2,1-2H3. The quantitative estimate of drug-likeness (QED) is 0.852. The number of carbonyl (C=O) groups excluding carboxylic acids is 1. The number of carbonyl (C=O) groups is 1. The van der Waals surface area contributed by atoms with E-state index in [1.165, 1.54) is 0 Å². The molecule has 1 aromatic carbocycles. The lowest BCUT2D eigenvalue weighted by Crippen LogP contribution is -2.26. The maximum atomic E-state index is 12.0. The van der Waals surface area contributed by atoms with Gasteiger partial charge in [-0.3, -0.25) is 4.79 Å². The second kappa shape index (κ2) is 7.55. The molecule has 0 radical (unpaired) electrons. The predicted octanol–water partition coefficient (Wildman–Crippen LogP) is 2.29. The first-order valence-electron chi connectivity index (χ1n) is 6.55. The zero-order valence-corrected chi connectivity index (χ0v) is 11.6. The minimum atomic E-state index is 0.0913. The summed E-state index contributed by atoms with van der Waals surface area (Å²) in [5, 5.41) is 8.73. The van der Waals surface area contributed by atoms with Crippen LogP contribution >= 0.6 is 0 Å². The summed E-state index contributed by atoms with van der Waals surface area (Å²) in [5.74, 6) is 0.567. The van der Waals surface area contributed by atoms with Crippen LogP contribution in [-0.2, 0) is 4.79 Å². The summed E-state index contributed by atoms with van der Waals surface area (Å²) in [4.78, 5) is 13.7. The lowest BCUT2D eigenvalue weighted by molar-refractivity contribution is -0.118. The van der Waals surface area contributed by atoms with Crippen molar-refractivity contribution in [1.82, 2.24) is 0 Å². The fraction of sp³-hybridized carbons (Fsp3) is 0.467. The van der Waals surface area contributed by atoms with Crippen LogP contribution in [0.25, 0.3) is 0 Å². The highest BCUT2D eigenvalue weighted by molar-refractivity contribution is 5.92. The Morgan fingerprint density at radius 2 is 2.00 bits per heavy atom. The molecule has 0 aliphatic heterocycles. The Morgan fingerprint density at radius 1 is 1.37 bits per heavy atom. The fourth-order valence-electron chi connectivity index (χ4n) is 1.87. The van der Waals surface area contributed by atoms with E-state index in [0.717, 1.165) is 18.5 Å². The summed E-state index contributed by atoms with van der Waals surface area (Å²) in [6, 6.07) is 9.08. The summed E-state index contributed by atoms with van der Waals surface area (Å²) < 4.78 is 0. The van der Waals surface area contributed by atoms with Crippen LogP contribution in [0.1, 0.15) is 31.7 Å². The van der Waals surface area contributed by atoms with Crippen molar-refractivity contribution in [3.05, 3.63) is 29.8 Å². The molecule has 4 heteroatoms. The molecule has 2 N–H and O–H groups in total. The third-order valence-electron chi connectivity index (χ3n) is 3.27. The molecule has 0 aromatic heterocycles. The minimum Gasteiger partial charge on any atom is -0.330 e. The Hall–Kier alpha value is -1.86. The molecule has 1 unspecified atom stereocenters. The third kappa shape index (κ3) is 4.72. The van der Waals surface area contributed by atoms with Crippen molar-refractivity contribution in [2.45, 2.75) is 26.2 Å². The summed E-state index contributed by atoms with van der Waals surface area (Å²) in [5.41, 5.74) is 6.91. The number of benzene rings is 1. The molecule has 0 spiro atoms. The maximum absolute atomic E-state index is 12.0. The molecule has 0 saturated carbocycles. The van der Waals surface area contributed by atoms with Crippen LogP contribution in [-0.4, -0.2) is 19.5 Å². The number of hydrogen-bond donors (Lipinski definition) is 1. The molecule has 0 heterocycles. The van der Waals surface area contributed by atoms with Crippen molar-refractivity contribution < 1.29 is 4.79 Å². The molecule has 0 fully saturated rings. The SMILES string of the molecule is CC(CCN)CCC(=O)N(C)c1ccc(C#N)cc1. The van der Waals surface area contributed by atoms with Gasteiger partial charge in [0, 0.05) is 19.2 Å². The van der Waals surface area contributed by atoms with E-state index in [4.69, 9.17) is 11.0 Å². The monoisotopic (exact) mass is 259 g/mol. The number of nitriles is 1. The first-order valence-corrected chi connectivity index (χ1v) is 6.55. The Kier molecular flexibility index (Phi) is 6.04. The van der Waals surface area contributed by atoms with Crippen LogP contribution < -0.4 is 10.6 Å². The number of anilines is 1. The number of rotatable bonds is 6. The summed E-state index contributed by atoms with van der Waals surface area (Å²) in [6.07, 6.45) is 2.34. The highest BCUT2D eigenvalue weighted by Crippen LogP contribution is 2.16. The van der Waals surface area contributed by atoms with Gasteiger partial charge in [-0.05, 0) is 49.6 Å². The van der Waals surface area contributed by atoms with Gasteiger partial charge in [0.1, 0.15) is 0 Å². The van der Waals surface area contributed by atoms with Gasteiger partial charge in [-0.15, -0.1) is 0 Å². The molecule has 0 bridgehead atoms. The van der Waals surface area contributed by atoms with E-state index < -0.39 is 0 Å². The van der Waals surface area contributed by atoms with Gasteiger partial charge in [-0.1, -0.05) is 6.92 Å². The van der Waals surface area contributed by atoms with Crippen molar-refractivity contribution in [2.75, 3.05) is 18.5 Å². The number of hydrogen-bond acceptors (Lipinski definition) is 3. The number of nitrogens with zero attached hydrogens (tertiary/aromatic N) is 2. The van der Waals surface area contributed by atoms with Crippen molar-refractivity contribution >= 4 is 11.6 Å². The number of nitrogens with two attached hydrogens (primary N) is 1. The van der Waals surface area contributed by atoms with Gasteiger partial charge in [-0.25, -0.2) is 0 Å². The van der Waals surface area contributed by atoms with Crippen LogP contribution in [0.5, 0.6) is 0 Å². The van der Waals surface area contributed by atoms with E-state index in [2.05, 4.69) is 13.0 Å². The molecular formula is C15H21N3O. The van der Waals surface area contributed by atoms with E-state index in [0.29, 0.717) is 24.4 Å². The largest absolute Gasteiger partial charge is 0.330 e. The molecule has 4 nitrogen and oxygen atoms in total. The van der Waals surface area contributed by atoms with E-state index in [-0.39, 0.29) is 5.91 Å². The first-order chi connectivity index (χ1) is 9.08. The molecule has 1 rings (SSSR count). The molecule has 1 atom stereocenters. The zero-order chi connectivity index (χ0) is 14.3. The van der Waals surface area contributed by atoms with Crippen LogP contribution in [0.15, 0.2) is 24.3 Å². The second-order valence-electron chi connectivity index (χ2n) is 4.83. The average molecular weight is 259 g/mol. The molecule has 0 saturated heterocycles. The minimum absolute atomic E-state index is 0.0913. The highest BCUT2D eigenvalue weighted by atomic mass is 16.2. The van der Waals surface area contributed by atoms with E-state index >= 15 is 0 Å². The van der Waals surface area contributed by atoms with Gasteiger partial charge in [-0.2, -0.15) is 5.26 Å². The third-order valence-corrected chi connectivity index (χ3v) is 3.27. The topological polar surface area (TPSA) is 70.1 Å². The van der Waals surface area contributed by atoms with Gasteiger partial charge >= 0.3 is 0 Å². The van der Waals surface area contributed by atoms with Crippen LogP contribution in [0.2, 0.25) is 0 Å². The van der Waals surface area contributed by atoms with Crippen LogP contribution in [0.3, 0.4) is 0 Å². The van der Waals surface area contributed by atoms with Gasteiger partial charge in [0.2, 0.25) is 5.91 Å². The molecule has 0 aliphatic carbocycles. The molecule has 1 aromatic rings. The Bertz CT molecular complexity index is 447. The molecule has 102 valence electrons. The lowest BCUT2D eigenvalue weighted by Gasteiger charge is -2.18. The van der Waals surface area contributed by atoms with Gasteiger partial charge in [0.25, 0.3) is 0 Å². The van der Waals surface area contributed by atoms with Crippen LogP contribution in [0.4, 0.5) is 5.69 Å². The van der Waals surface area contributed by atoms with Crippen molar-refractivity contribution in [2.24, 2.45) is 11.7 Å². The maximum Gasteiger partial charge on any atom is 0.226 e. The van der Waals surface area contributed by atoms with Crippen molar-refractivity contribution in [3.63, 3.8) is 0 Å². The Morgan fingerprint density at radius 3 is 2.53 bits per heavy atom. The smallest absolute Gasteiger partial charge is 0.226 e. The van der Waals surface area contributed by atoms with Crippen LogP contribution in [0, 0.1) is 17.2 Å². The van der Waals surface area contributed by atoms with Crippen molar-refractivity contribution in [3.8, 4) is 6.07 Å². The Balaban J connectivity index is 2.54.